The molecule has 0 fully saturated rings. The number of nitrogens with one attached hydrogen (secondary N) is 1. The van der Waals surface area contributed by atoms with Gasteiger partial charge in [-0.2, -0.15) is 10.4 Å². The number of nitrogens with zero attached hydrogens (tertiary/aromatic N) is 3. The first-order valence-electron chi connectivity index (χ1n) is 5.31. The van der Waals surface area contributed by atoms with Crippen LogP contribution in [0, 0.1) is 11.3 Å². The quantitative estimate of drug-likeness (QED) is 0.873. The lowest BCUT2D eigenvalue weighted by molar-refractivity contribution is 0.101. The Bertz CT molecular complexity index is 666. The highest BCUT2D eigenvalue weighted by Gasteiger charge is 2.15. The Hall–Kier alpha value is -2.52. The molecule has 6 nitrogen and oxygen atoms in total. The van der Waals surface area contributed by atoms with Crippen molar-refractivity contribution in [2.75, 3.05) is 11.1 Å². The van der Waals surface area contributed by atoms with Crippen molar-refractivity contribution in [1.29, 1.82) is 5.26 Å². The summed E-state index contributed by atoms with van der Waals surface area (Å²) in [5.74, 6) is -0.390. The van der Waals surface area contributed by atoms with Gasteiger partial charge in [-0.15, -0.1) is 0 Å². The highest BCUT2D eigenvalue weighted by molar-refractivity contribution is 6.32. The van der Waals surface area contributed by atoms with Crippen LogP contribution in [-0.2, 0) is 7.05 Å². The van der Waals surface area contributed by atoms with Crippen molar-refractivity contribution in [2.24, 2.45) is 7.05 Å². The largest absolute Gasteiger partial charge is 0.396 e. The molecule has 2 aromatic rings. The molecule has 1 aromatic heterocycles. The van der Waals surface area contributed by atoms with E-state index < -0.39 is 5.91 Å². The van der Waals surface area contributed by atoms with E-state index in [2.05, 4.69) is 10.4 Å². The van der Waals surface area contributed by atoms with Gasteiger partial charge in [0, 0.05) is 12.7 Å². The van der Waals surface area contributed by atoms with Gasteiger partial charge in [-0.05, 0) is 18.2 Å². The highest BCUT2D eigenvalue weighted by Crippen LogP contribution is 2.21. The fourth-order valence-corrected chi connectivity index (χ4v) is 1.83. The molecule has 0 aliphatic carbocycles. The first-order valence-corrected chi connectivity index (χ1v) is 5.69. The molecule has 0 spiro atoms. The lowest BCUT2D eigenvalue weighted by atomic mass is 10.2. The third-order valence-electron chi connectivity index (χ3n) is 2.53. The van der Waals surface area contributed by atoms with E-state index in [1.807, 2.05) is 6.07 Å². The van der Waals surface area contributed by atoms with E-state index in [4.69, 9.17) is 22.6 Å². The Morgan fingerprint density at radius 3 is 2.84 bits per heavy atom. The van der Waals surface area contributed by atoms with Crippen molar-refractivity contribution in [3.8, 4) is 6.07 Å². The lowest BCUT2D eigenvalue weighted by Gasteiger charge is -2.07. The monoisotopic (exact) mass is 275 g/mol. The number of nitriles is 1. The fourth-order valence-electron chi connectivity index (χ4n) is 1.61. The van der Waals surface area contributed by atoms with Gasteiger partial charge in [0.05, 0.1) is 22.5 Å². The molecule has 0 atom stereocenters. The zero-order valence-corrected chi connectivity index (χ0v) is 10.8. The third kappa shape index (κ3) is 2.51. The number of aromatic nitrogens is 2. The maximum Gasteiger partial charge on any atom is 0.276 e. The number of hydrogen-bond donors (Lipinski definition) is 2. The van der Waals surface area contributed by atoms with Gasteiger partial charge in [0.2, 0.25) is 0 Å². The normalized spacial score (nSPS) is 9.95. The summed E-state index contributed by atoms with van der Waals surface area (Å²) in [6.45, 7) is 0. The minimum absolute atomic E-state index is 0.264. The Kier molecular flexibility index (Phi) is 3.40. The summed E-state index contributed by atoms with van der Waals surface area (Å²) in [4.78, 5) is 12.0. The smallest absolute Gasteiger partial charge is 0.276 e. The van der Waals surface area contributed by atoms with E-state index >= 15 is 0 Å². The van der Waals surface area contributed by atoms with Gasteiger partial charge < -0.3 is 11.1 Å². The second-order valence-electron chi connectivity index (χ2n) is 3.83. The number of benzene rings is 1. The third-order valence-corrected chi connectivity index (χ3v) is 2.84. The van der Waals surface area contributed by atoms with Gasteiger partial charge in [0.25, 0.3) is 5.91 Å². The predicted molar refractivity (Wildman–Crippen MR) is 71.7 cm³/mol. The van der Waals surface area contributed by atoms with Crippen molar-refractivity contribution in [1.82, 2.24) is 9.78 Å². The van der Waals surface area contributed by atoms with Crippen LogP contribution in [0.5, 0.6) is 0 Å². The molecule has 1 heterocycles. The number of nitrogens with two attached hydrogens (primary N) is 1. The fraction of sp³-hybridized carbons (Fsp3) is 0.0833. The maximum atomic E-state index is 12.0. The number of carbonyl (C=O) groups is 1. The second kappa shape index (κ2) is 5.00. The van der Waals surface area contributed by atoms with E-state index in [9.17, 15) is 4.79 Å². The molecule has 0 aliphatic heterocycles. The van der Waals surface area contributed by atoms with Crippen LogP contribution in [-0.4, -0.2) is 15.7 Å². The molecule has 0 radical (unpaired) electrons. The molecule has 2 rings (SSSR count). The number of hydrogen-bond acceptors (Lipinski definition) is 4. The number of amides is 1. The molecule has 1 amide bonds. The van der Waals surface area contributed by atoms with Crippen molar-refractivity contribution in [3.05, 3.63) is 40.7 Å². The molecule has 7 heteroatoms. The van der Waals surface area contributed by atoms with Crippen LogP contribution in [0.25, 0.3) is 0 Å². The first-order chi connectivity index (χ1) is 9.02. The molecular weight excluding hydrogens is 266 g/mol. The molecule has 3 N–H and O–H groups in total. The standard InChI is InChI=1S/C12H10ClN5O/c1-18-11(10(15)6-16-18)12(19)17-8-3-2-7(5-14)9(13)4-8/h2-4,6H,15H2,1H3,(H,17,19). The number of nitrogen functional groups attached to an aromatic ring is 1. The van der Waals surface area contributed by atoms with E-state index in [1.54, 1.807) is 13.1 Å². The van der Waals surface area contributed by atoms with Crippen molar-refractivity contribution in [3.63, 3.8) is 0 Å². The van der Waals surface area contributed by atoms with Crippen LogP contribution in [0.1, 0.15) is 16.1 Å². The van der Waals surface area contributed by atoms with Gasteiger partial charge in [-0.25, -0.2) is 0 Å². The average molecular weight is 276 g/mol. The summed E-state index contributed by atoms with van der Waals surface area (Å²) < 4.78 is 1.38. The zero-order valence-electron chi connectivity index (χ0n) is 10.0. The van der Waals surface area contributed by atoms with Crippen LogP contribution in [0.2, 0.25) is 5.02 Å². The second-order valence-corrected chi connectivity index (χ2v) is 4.24. The van der Waals surface area contributed by atoms with Crippen molar-refractivity contribution >= 4 is 28.9 Å². The SMILES string of the molecule is Cn1ncc(N)c1C(=O)Nc1ccc(C#N)c(Cl)c1. The maximum absolute atomic E-state index is 12.0. The summed E-state index contributed by atoms with van der Waals surface area (Å²) in [7, 11) is 1.62. The van der Waals surface area contributed by atoms with Crippen LogP contribution in [0.4, 0.5) is 11.4 Å². The number of carbonyl (C=O) groups excluding carboxylic acids is 1. The van der Waals surface area contributed by atoms with Gasteiger partial charge in [-0.3, -0.25) is 9.48 Å². The molecule has 0 aliphatic rings. The summed E-state index contributed by atoms with van der Waals surface area (Å²) in [5, 5.41) is 15.6. The number of aryl methyl sites for hydroxylation is 1. The molecule has 0 saturated heterocycles. The van der Waals surface area contributed by atoms with Crippen LogP contribution in [0.15, 0.2) is 24.4 Å². The van der Waals surface area contributed by atoms with E-state index in [1.165, 1.54) is 23.0 Å². The molecular formula is C12H10ClN5O. The Morgan fingerprint density at radius 2 is 2.32 bits per heavy atom. The Morgan fingerprint density at radius 1 is 1.58 bits per heavy atom. The summed E-state index contributed by atoms with van der Waals surface area (Å²) in [6.07, 6.45) is 1.40. The summed E-state index contributed by atoms with van der Waals surface area (Å²) in [5.41, 5.74) is 7.04. The number of anilines is 2. The molecule has 0 unspecified atom stereocenters. The van der Waals surface area contributed by atoms with Gasteiger partial charge in [-0.1, -0.05) is 11.6 Å². The minimum atomic E-state index is -0.390. The molecule has 0 bridgehead atoms. The molecule has 1 aromatic carbocycles. The highest BCUT2D eigenvalue weighted by atomic mass is 35.5. The Balaban J connectivity index is 2.25. The topological polar surface area (TPSA) is 96.7 Å². The van der Waals surface area contributed by atoms with Gasteiger partial charge >= 0.3 is 0 Å². The van der Waals surface area contributed by atoms with Crippen LogP contribution in [0.3, 0.4) is 0 Å². The lowest BCUT2D eigenvalue weighted by Crippen LogP contribution is -2.17. The Labute approximate surface area is 114 Å². The van der Waals surface area contributed by atoms with E-state index in [-0.39, 0.29) is 10.7 Å². The number of rotatable bonds is 2. The van der Waals surface area contributed by atoms with Gasteiger partial charge in [0.1, 0.15) is 11.8 Å². The zero-order chi connectivity index (χ0) is 14.0. The molecule has 0 saturated carbocycles. The average Bonchev–Trinajstić information content (AvgIpc) is 2.69. The van der Waals surface area contributed by atoms with Crippen molar-refractivity contribution < 1.29 is 4.79 Å². The molecule has 96 valence electrons. The predicted octanol–water partition coefficient (Wildman–Crippen LogP) is 1.78. The van der Waals surface area contributed by atoms with Crippen LogP contribution >= 0.6 is 11.6 Å². The molecule has 19 heavy (non-hydrogen) atoms. The summed E-state index contributed by atoms with van der Waals surface area (Å²) in [6, 6.07) is 6.57. The van der Waals surface area contributed by atoms with Crippen molar-refractivity contribution in [2.45, 2.75) is 0 Å². The minimum Gasteiger partial charge on any atom is -0.396 e. The van der Waals surface area contributed by atoms with Crippen LogP contribution < -0.4 is 11.1 Å². The summed E-state index contributed by atoms with van der Waals surface area (Å²) >= 11 is 5.88. The van der Waals surface area contributed by atoms with E-state index in [0.29, 0.717) is 16.9 Å². The number of halogens is 1. The van der Waals surface area contributed by atoms with E-state index in [0.717, 1.165) is 0 Å². The van der Waals surface area contributed by atoms with Gasteiger partial charge in [0.15, 0.2) is 0 Å². The first kappa shape index (κ1) is 12.9.